The van der Waals surface area contributed by atoms with Crippen molar-refractivity contribution in [2.75, 3.05) is 0 Å². The first kappa shape index (κ1) is 17.7. The molecule has 1 atom stereocenters. The fourth-order valence-electron chi connectivity index (χ4n) is 2.50. The van der Waals surface area contributed by atoms with Gasteiger partial charge in [0.25, 0.3) is 0 Å². The Morgan fingerprint density at radius 3 is 2.46 bits per heavy atom. The first-order valence-corrected chi connectivity index (χ1v) is 8.06. The van der Waals surface area contributed by atoms with Crippen LogP contribution in [-0.2, 0) is 22.7 Å². The fourth-order valence-corrected chi connectivity index (χ4v) is 2.50. The molecule has 0 radical (unpaired) electrons. The zero-order valence-corrected chi connectivity index (χ0v) is 14.3. The van der Waals surface area contributed by atoms with E-state index in [1.165, 1.54) is 6.92 Å². The van der Waals surface area contributed by atoms with Gasteiger partial charge in [0.15, 0.2) is 0 Å². The number of nitrogens with one attached hydrogen (secondary N) is 2. The number of carbonyl (C=O) groups excluding carboxylic acids is 2. The summed E-state index contributed by atoms with van der Waals surface area (Å²) in [6, 6.07) is 9.28. The van der Waals surface area contributed by atoms with Gasteiger partial charge in [-0.3, -0.25) is 14.3 Å². The lowest BCUT2D eigenvalue weighted by Crippen LogP contribution is -2.48. The molecule has 1 heterocycles. The van der Waals surface area contributed by atoms with Crippen molar-refractivity contribution in [1.82, 2.24) is 20.4 Å². The molecule has 0 aliphatic carbocycles. The van der Waals surface area contributed by atoms with E-state index in [4.69, 9.17) is 0 Å². The molecule has 24 heavy (non-hydrogen) atoms. The highest BCUT2D eigenvalue weighted by Crippen LogP contribution is 2.11. The molecule has 0 fully saturated rings. The summed E-state index contributed by atoms with van der Waals surface area (Å²) < 4.78 is 1.84. The summed E-state index contributed by atoms with van der Waals surface area (Å²) in [6.45, 7) is 6.30. The lowest BCUT2D eigenvalue weighted by Gasteiger charge is -2.21. The number of carbonyl (C=O) groups is 2. The Bertz CT molecular complexity index is 680. The summed E-state index contributed by atoms with van der Waals surface area (Å²) in [6.07, 6.45) is 3.64. The molecule has 6 heteroatoms. The molecule has 0 aliphatic rings. The van der Waals surface area contributed by atoms with E-state index < -0.39 is 6.04 Å². The summed E-state index contributed by atoms with van der Waals surface area (Å²) in [5, 5.41) is 9.84. The van der Waals surface area contributed by atoms with Crippen LogP contribution in [0.3, 0.4) is 0 Å². The number of aromatic nitrogens is 2. The average Bonchev–Trinajstić information content (AvgIpc) is 3.04. The van der Waals surface area contributed by atoms with Crippen LogP contribution < -0.4 is 10.6 Å². The van der Waals surface area contributed by atoms with E-state index in [-0.39, 0.29) is 17.7 Å². The maximum Gasteiger partial charge on any atom is 0.243 e. The van der Waals surface area contributed by atoms with Crippen LogP contribution in [0.4, 0.5) is 0 Å². The van der Waals surface area contributed by atoms with Gasteiger partial charge in [0.1, 0.15) is 6.04 Å². The molecular weight excluding hydrogens is 304 g/mol. The number of rotatable bonds is 7. The summed E-state index contributed by atoms with van der Waals surface area (Å²) >= 11 is 0. The highest BCUT2D eigenvalue weighted by Gasteiger charge is 2.22. The Morgan fingerprint density at radius 2 is 1.88 bits per heavy atom. The van der Waals surface area contributed by atoms with Gasteiger partial charge in [-0.2, -0.15) is 5.10 Å². The van der Waals surface area contributed by atoms with Crippen molar-refractivity contribution >= 4 is 11.8 Å². The van der Waals surface area contributed by atoms with Crippen molar-refractivity contribution in [1.29, 1.82) is 0 Å². The van der Waals surface area contributed by atoms with Gasteiger partial charge < -0.3 is 10.6 Å². The molecule has 0 spiro atoms. The Morgan fingerprint density at radius 1 is 1.17 bits per heavy atom. The van der Waals surface area contributed by atoms with Crippen molar-refractivity contribution in [2.24, 2.45) is 5.92 Å². The highest BCUT2D eigenvalue weighted by molar-refractivity contribution is 5.87. The number of amides is 2. The van der Waals surface area contributed by atoms with Gasteiger partial charge in [0.2, 0.25) is 11.8 Å². The van der Waals surface area contributed by atoms with Crippen molar-refractivity contribution in [3.8, 4) is 0 Å². The smallest absolute Gasteiger partial charge is 0.243 e. The molecule has 1 aromatic carbocycles. The zero-order chi connectivity index (χ0) is 17.5. The molecule has 2 rings (SSSR count). The number of hydrogen-bond donors (Lipinski definition) is 2. The second-order valence-electron chi connectivity index (χ2n) is 6.11. The molecule has 128 valence electrons. The molecule has 2 N–H and O–H groups in total. The second kappa shape index (κ2) is 8.29. The van der Waals surface area contributed by atoms with Gasteiger partial charge in [0.05, 0.1) is 6.54 Å². The topological polar surface area (TPSA) is 76.0 Å². The Kier molecular flexibility index (Phi) is 6.12. The largest absolute Gasteiger partial charge is 0.350 e. The number of benzene rings is 1. The molecule has 1 aromatic heterocycles. The van der Waals surface area contributed by atoms with Crippen molar-refractivity contribution < 1.29 is 9.59 Å². The van der Waals surface area contributed by atoms with E-state index in [0.717, 1.165) is 11.1 Å². The quantitative estimate of drug-likeness (QED) is 0.812. The van der Waals surface area contributed by atoms with E-state index in [1.807, 2.05) is 55.1 Å². The first-order valence-electron chi connectivity index (χ1n) is 8.06. The molecule has 0 unspecified atom stereocenters. The summed E-state index contributed by atoms with van der Waals surface area (Å²) in [7, 11) is 0. The van der Waals surface area contributed by atoms with E-state index in [1.54, 1.807) is 6.20 Å². The third-order valence-corrected chi connectivity index (χ3v) is 3.77. The predicted molar refractivity (Wildman–Crippen MR) is 92.1 cm³/mol. The molecule has 0 saturated heterocycles. The maximum absolute atomic E-state index is 12.4. The lowest BCUT2D eigenvalue weighted by atomic mass is 10.0. The Labute approximate surface area is 142 Å². The van der Waals surface area contributed by atoms with Crippen molar-refractivity contribution in [2.45, 2.75) is 39.9 Å². The molecule has 6 nitrogen and oxygen atoms in total. The minimum atomic E-state index is -0.527. The van der Waals surface area contributed by atoms with Crippen LogP contribution in [0.15, 0.2) is 42.7 Å². The van der Waals surface area contributed by atoms with Crippen LogP contribution in [0.25, 0.3) is 0 Å². The standard InChI is InChI=1S/C18H24N4O2/c1-13(2)17(21-14(3)23)18(24)19-11-15-7-4-5-8-16(15)12-22-10-6-9-20-22/h4-10,13,17H,11-12H2,1-3H3,(H,19,24)(H,21,23)/t17-/m0/s1. The van der Waals surface area contributed by atoms with Gasteiger partial charge in [0, 0.05) is 25.9 Å². The minimum absolute atomic E-state index is 0.0215. The van der Waals surface area contributed by atoms with Crippen LogP contribution in [0.5, 0.6) is 0 Å². The van der Waals surface area contributed by atoms with Gasteiger partial charge in [-0.1, -0.05) is 38.1 Å². The third kappa shape index (κ3) is 4.94. The monoisotopic (exact) mass is 328 g/mol. The highest BCUT2D eigenvalue weighted by atomic mass is 16.2. The SMILES string of the molecule is CC(=O)N[C@H](C(=O)NCc1ccccc1Cn1cccn1)C(C)C. The average molecular weight is 328 g/mol. The maximum atomic E-state index is 12.4. The van der Waals surface area contributed by atoms with Crippen LogP contribution in [-0.4, -0.2) is 27.6 Å². The van der Waals surface area contributed by atoms with Gasteiger partial charge in [-0.25, -0.2) is 0 Å². The third-order valence-electron chi connectivity index (χ3n) is 3.77. The Hall–Kier alpha value is -2.63. The molecule has 0 bridgehead atoms. The van der Waals surface area contributed by atoms with Gasteiger partial charge in [-0.15, -0.1) is 0 Å². The minimum Gasteiger partial charge on any atom is -0.350 e. The zero-order valence-electron chi connectivity index (χ0n) is 14.3. The van der Waals surface area contributed by atoms with Crippen LogP contribution >= 0.6 is 0 Å². The molecule has 0 aliphatic heterocycles. The summed E-state index contributed by atoms with van der Waals surface area (Å²) in [5.74, 6) is -0.356. The fraction of sp³-hybridized carbons (Fsp3) is 0.389. The van der Waals surface area contributed by atoms with Gasteiger partial charge in [-0.05, 0) is 23.1 Å². The second-order valence-corrected chi connectivity index (χ2v) is 6.11. The van der Waals surface area contributed by atoms with Gasteiger partial charge >= 0.3 is 0 Å². The molecule has 2 aromatic rings. The van der Waals surface area contributed by atoms with E-state index in [2.05, 4.69) is 15.7 Å². The van der Waals surface area contributed by atoms with Crippen LogP contribution in [0.2, 0.25) is 0 Å². The normalized spacial score (nSPS) is 12.0. The molecule has 2 amide bonds. The summed E-state index contributed by atoms with van der Waals surface area (Å²) in [4.78, 5) is 23.6. The van der Waals surface area contributed by atoms with Crippen molar-refractivity contribution in [3.05, 3.63) is 53.9 Å². The van der Waals surface area contributed by atoms with E-state index >= 15 is 0 Å². The van der Waals surface area contributed by atoms with Crippen LogP contribution in [0, 0.1) is 5.92 Å². The van der Waals surface area contributed by atoms with Crippen LogP contribution in [0.1, 0.15) is 31.9 Å². The number of hydrogen-bond acceptors (Lipinski definition) is 3. The predicted octanol–water partition coefficient (Wildman–Crippen LogP) is 1.71. The van der Waals surface area contributed by atoms with E-state index in [9.17, 15) is 9.59 Å². The van der Waals surface area contributed by atoms with E-state index in [0.29, 0.717) is 13.1 Å². The Balaban J connectivity index is 2.03. The van der Waals surface area contributed by atoms with Crippen molar-refractivity contribution in [3.63, 3.8) is 0 Å². The number of nitrogens with zero attached hydrogens (tertiary/aromatic N) is 2. The summed E-state index contributed by atoms with van der Waals surface area (Å²) in [5.41, 5.74) is 2.13. The molecule has 0 saturated carbocycles. The molecular formula is C18H24N4O2. The lowest BCUT2D eigenvalue weighted by molar-refractivity contribution is -0.129. The first-order chi connectivity index (χ1) is 11.5.